The Morgan fingerprint density at radius 2 is 1.79 bits per heavy atom. The van der Waals surface area contributed by atoms with E-state index in [0.29, 0.717) is 38.4 Å². The zero-order valence-electron chi connectivity index (χ0n) is 16.8. The van der Waals surface area contributed by atoms with E-state index in [1.54, 1.807) is 23.1 Å². The Kier molecular flexibility index (Phi) is 5.46. The van der Waals surface area contributed by atoms with Gasteiger partial charge in [-0.3, -0.25) is 4.79 Å². The van der Waals surface area contributed by atoms with Gasteiger partial charge in [0.1, 0.15) is 0 Å². The van der Waals surface area contributed by atoms with Crippen LogP contribution in [0.2, 0.25) is 0 Å². The summed E-state index contributed by atoms with van der Waals surface area (Å²) in [5, 5.41) is 0. The molecule has 7 heteroatoms. The predicted molar refractivity (Wildman–Crippen MR) is 112 cm³/mol. The number of aryl methyl sites for hydroxylation is 2. The molecule has 2 aromatic carbocycles. The minimum Gasteiger partial charge on any atom is -0.379 e. The van der Waals surface area contributed by atoms with Crippen LogP contribution >= 0.6 is 0 Å². The predicted octanol–water partition coefficient (Wildman–Crippen LogP) is 2.92. The van der Waals surface area contributed by atoms with Crippen LogP contribution in [0.25, 0.3) is 0 Å². The first-order valence-corrected chi connectivity index (χ1v) is 11.4. The molecule has 0 radical (unpaired) electrons. The number of carbonyl (C=O) groups is 1. The van der Waals surface area contributed by atoms with Gasteiger partial charge in [0.25, 0.3) is 5.91 Å². The molecule has 29 heavy (non-hydrogen) atoms. The highest BCUT2D eigenvalue weighted by atomic mass is 32.2. The van der Waals surface area contributed by atoms with Crippen molar-refractivity contribution in [1.82, 2.24) is 4.31 Å². The number of hydrogen-bond donors (Lipinski definition) is 0. The van der Waals surface area contributed by atoms with E-state index in [4.69, 9.17) is 4.74 Å². The van der Waals surface area contributed by atoms with E-state index in [-0.39, 0.29) is 10.8 Å². The molecule has 4 rings (SSSR count). The average molecular weight is 415 g/mol. The summed E-state index contributed by atoms with van der Waals surface area (Å²) in [6.07, 6.45) is 1.85. The van der Waals surface area contributed by atoms with Gasteiger partial charge in [0.05, 0.1) is 18.1 Å². The molecule has 6 nitrogen and oxygen atoms in total. The van der Waals surface area contributed by atoms with Crippen LogP contribution < -0.4 is 4.90 Å². The van der Waals surface area contributed by atoms with Gasteiger partial charge in [0.15, 0.2) is 0 Å². The van der Waals surface area contributed by atoms with Crippen LogP contribution in [0.4, 0.5) is 5.69 Å². The van der Waals surface area contributed by atoms with Crippen molar-refractivity contribution >= 4 is 21.6 Å². The number of hydrogen-bond acceptors (Lipinski definition) is 4. The number of amides is 1. The SMILES string of the molecule is Cc1cc(C)c2c(c1)N(C(=O)c1cccc(S(=O)(=O)N3CCOCC3)c1)CCC2. The molecule has 1 saturated heterocycles. The van der Waals surface area contributed by atoms with Crippen molar-refractivity contribution in [3.63, 3.8) is 0 Å². The second-order valence-corrected chi connectivity index (χ2v) is 9.62. The summed E-state index contributed by atoms with van der Waals surface area (Å²) >= 11 is 0. The average Bonchev–Trinajstić information content (AvgIpc) is 2.73. The molecule has 2 aliphatic rings. The standard InChI is InChI=1S/C22H26N2O4S/c1-16-13-17(2)20-7-4-8-24(21(20)14-16)22(25)18-5-3-6-19(15-18)29(26,27)23-9-11-28-12-10-23/h3,5-6,13-15H,4,7-12H2,1-2H3. The van der Waals surface area contributed by atoms with Crippen molar-refractivity contribution in [2.24, 2.45) is 0 Å². The third-order valence-corrected chi connectivity index (χ3v) is 7.52. The van der Waals surface area contributed by atoms with Gasteiger partial charge >= 0.3 is 0 Å². The molecule has 154 valence electrons. The smallest absolute Gasteiger partial charge is 0.258 e. The lowest BCUT2D eigenvalue weighted by atomic mass is 9.94. The van der Waals surface area contributed by atoms with Crippen molar-refractivity contribution in [3.05, 3.63) is 58.7 Å². The van der Waals surface area contributed by atoms with E-state index < -0.39 is 10.0 Å². The Morgan fingerprint density at radius 3 is 2.55 bits per heavy atom. The van der Waals surface area contributed by atoms with Crippen LogP contribution in [0.3, 0.4) is 0 Å². The van der Waals surface area contributed by atoms with Crippen LogP contribution in [-0.2, 0) is 21.2 Å². The molecule has 2 aromatic rings. The van der Waals surface area contributed by atoms with Gasteiger partial charge < -0.3 is 9.64 Å². The maximum atomic E-state index is 13.3. The van der Waals surface area contributed by atoms with Crippen LogP contribution in [0, 0.1) is 13.8 Å². The first kappa shape index (κ1) is 20.1. The summed E-state index contributed by atoms with van der Waals surface area (Å²) in [7, 11) is -3.64. The van der Waals surface area contributed by atoms with Crippen LogP contribution in [0.1, 0.15) is 33.5 Å². The molecule has 0 saturated carbocycles. The molecule has 0 aliphatic carbocycles. The fourth-order valence-corrected chi connectivity index (χ4v) is 5.62. The van der Waals surface area contributed by atoms with Crippen molar-refractivity contribution < 1.29 is 17.9 Å². The number of benzene rings is 2. The van der Waals surface area contributed by atoms with E-state index in [1.165, 1.54) is 21.5 Å². The summed E-state index contributed by atoms with van der Waals surface area (Å²) in [6, 6.07) is 10.6. The first-order chi connectivity index (χ1) is 13.9. The number of sulfonamides is 1. The first-order valence-electron chi connectivity index (χ1n) is 9.98. The Balaban J connectivity index is 1.67. The molecular weight excluding hydrogens is 388 g/mol. The van der Waals surface area contributed by atoms with Gasteiger partial charge in [0.2, 0.25) is 10.0 Å². The molecule has 1 fully saturated rings. The molecule has 2 aliphatic heterocycles. The molecule has 2 heterocycles. The Hall–Kier alpha value is -2.22. The zero-order valence-corrected chi connectivity index (χ0v) is 17.7. The van der Waals surface area contributed by atoms with Gasteiger partial charge in [-0.2, -0.15) is 4.31 Å². The second-order valence-electron chi connectivity index (χ2n) is 7.68. The molecule has 0 atom stereocenters. The van der Waals surface area contributed by atoms with Gasteiger partial charge in [-0.25, -0.2) is 8.42 Å². The second kappa shape index (κ2) is 7.89. The number of fused-ring (bicyclic) bond motifs is 1. The molecule has 1 amide bonds. The number of morpholine rings is 1. The molecule has 0 spiro atoms. The highest BCUT2D eigenvalue weighted by molar-refractivity contribution is 7.89. The zero-order chi connectivity index (χ0) is 20.6. The normalized spacial score (nSPS) is 17.8. The van der Waals surface area contributed by atoms with Gasteiger partial charge in [-0.05, 0) is 67.6 Å². The highest BCUT2D eigenvalue weighted by Crippen LogP contribution is 2.32. The molecule has 0 unspecified atom stereocenters. The van der Waals surface area contributed by atoms with E-state index in [2.05, 4.69) is 13.0 Å². The van der Waals surface area contributed by atoms with Crippen LogP contribution in [0.15, 0.2) is 41.3 Å². The van der Waals surface area contributed by atoms with Crippen LogP contribution in [0.5, 0.6) is 0 Å². The van der Waals surface area contributed by atoms with E-state index in [0.717, 1.165) is 24.1 Å². The molecule has 0 bridgehead atoms. The van der Waals surface area contributed by atoms with Crippen molar-refractivity contribution in [1.29, 1.82) is 0 Å². The maximum Gasteiger partial charge on any atom is 0.258 e. The summed E-state index contributed by atoms with van der Waals surface area (Å²) < 4.78 is 32.6. The topological polar surface area (TPSA) is 66.9 Å². The van der Waals surface area contributed by atoms with Crippen molar-refractivity contribution in [2.45, 2.75) is 31.6 Å². The number of nitrogens with zero attached hydrogens (tertiary/aromatic N) is 2. The molecule has 0 aromatic heterocycles. The molecule has 0 N–H and O–H groups in total. The van der Waals surface area contributed by atoms with Gasteiger partial charge in [-0.15, -0.1) is 0 Å². The number of anilines is 1. The van der Waals surface area contributed by atoms with E-state index in [9.17, 15) is 13.2 Å². The third-order valence-electron chi connectivity index (χ3n) is 5.63. The maximum absolute atomic E-state index is 13.3. The van der Waals surface area contributed by atoms with Crippen molar-refractivity contribution in [2.75, 3.05) is 37.7 Å². The summed E-state index contributed by atoms with van der Waals surface area (Å²) in [6.45, 7) is 6.18. The fourth-order valence-electron chi connectivity index (χ4n) is 4.17. The Bertz CT molecular complexity index is 1040. The van der Waals surface area contributed by atoms with Gasteiger partial charge in [0, 0.05) is 30.9 Å². The quantitative estimate of drug-likeness (QED) is 0.775. The summed E-state index contributed by atoms with van der Waals surface area (Å²) in [4.78, 5) is 15.3. The van der Waals surface area contributed by atoms with Crippen LogP contribution in [-0.4, -0.2) is 51.5 Å². The number of ether oxygens (including phenoxy) is 1. The minimum atomic E-state index is -3.64. The lowest BCUT2D eigenvalue weighted by Crippen LogP contribution is -2.40. The monoisotopic (exact) mass is 414 g/mol. The van der Waals surface area contributed by atoms with Crippen molar-refractivity contribution in [3.8, 4) is 0 Å². The van der Waals surface area contributed by atoms with E-state index in [1.807, 2.05) is 13.0 Å². The minimum absolute atomic E-state index is 0.155. The van der Waals surface area contributed by atoms with Gasteiger partial charge in [-0.1, -0.05) is 12.1 Å². The highest BCUT2D eigenvalue weighted by Gasteiger charge is 2.29. The fraction of sp³-hybridized carbons (Fsp3) is 0.409. The third kappa shape index (κ3) is 3.82. The Labute approximate surface area is 172 Å². The largest absolute Gasteiger partial charge is 0.379 e. The Morgan fingerprint density at radius 1 is 1.03 bits per heavy atom. The summed E-state index contributed by atoms with van der Waals surface area (Å²) in [5.41, 5.74) is 4.85. The van der Waals surface area contributed by atoms with E-state index >= 15 is 0 Å². The number of carbonyl (C=O) groups excluding carboxylic acids is 1. The summed E-state index contributed by atoms with van der Waals surface area (Å²) in [5.74, 6) is -0.157. The lowest BCUT2D eigenvalue weighted by molar-refractivity contribution is 0.0730. The molecular formula is C22H26N2O4S. The number of rotatable bonds is 3. The lowest BCUT2D eigenvalue weighted by Gasteiger charge is -2.31.